The van der Waals surface area contributed by atoms with Gasteiger partial charge in [0.15, 0.2) is 0 Å². The lowest BCUT2D eigenvalue weighted by molar-refractivity contribution is 0.0762. The number of likely N-dealkylation sites (N-methyl/N-ethyl adjacent to an activating group) is 1. The molecule has 15 heavy (non-hydrogen) atoms. The Morgan fingerprint density at radius 3 is 2.80 bits per heavy atom. The number of hydrogen-bond acceptors (Lipinski definition) is 2. The van der Waals surface area contributed by atoms with Crippen LogP contribution in [-0.2, 0) is 0 Å². The maximum atomic E-state index is 13.3. The normalized spacial score (nSPS) is 10.1. The average Bonchev–Trinajstić information content (AvgIpc) is 2.17. The second kappa shape index (κ2) is 5.09. The molecule has 0 fully saturated rings. The van der Waals surface area contributed by atoms with E-state index in [1.807, 2.05) is 0 Å². The number of carbonyl (C=O) groups is 1. The highest BCUT2D eigenvalue weighted by Crippen LogP contribution is 2.15. The molecule has 0 aromatic heterocycles. The molecule has 3 nitrogen and oxygen atoms in total. The van der Waals surface area contributed by atoms with Crippen molar-refractivity contribution in [2.75, 3.05) is 20.2 Å². The second-order valence-electron chi connectivity index (χ2n) is 3.07. The molecule has 1 aromatic rings. The van der Waals surface area contributed by atoms with Crippen LogP contribution >= 0.6 is 11.6 Å². The van der Waals surface area contributed by atoms with Gasteiger partial charge in [0.2, 0.25) is 0 Å². The zero-order chi connectivity index (χ0) is 11.4. The average molecular weight is 232 g/mol. The number of rotatable bonds is 3. The number of halogens is 2. The summed E-state index contributed by atoms with van der Waals surface area (Å²) in [6.45, 7) is 0.0123. The van der Waals surface area contributed by atoms with Gasteiger partial charge in [-0.05, 0) is 18.2 Å². The molecule has 0 saturated heterocycles. The van der Waals surface area contributed by atoms with E-state index < -0.39 is 11.7 Å². The Morgan fingerprint density at radius 2 is 2.27 bits per heavy atom. The maximum absolute atomic E-state index is 13.3. The number of nitrogens with zero attached hydrogens (tertiary/aromatic N) is 1. The molecule has 0 aliphatic carbocycles. The summed E-state index contributed by atoms with van der Waals surface area (Å²) in [5.74, 6) is -1.13. The van der Waals surface area contributed by atoms with Crippen LogP contribution in [0.15, 0.2) is 18.2 Å². The van der Waals surface area contributed by atoms with E-state index in [-0.39, 0.29) is 23.7 Å². The molecule has 0 unspecified atom stereocenters. The van der Waals surface area contributed by atoms with E-state index in [2.05, 4.69) is 0 Å². The van der Waals surface area contributed by atoms with Crippen LogP contribution in [0.3, 0.4) is 0 Å². The summed E-state index contributed by atoms with van der Waals surface area (Å²) in [5.41, 5.74) is -0.0460. The number of carbonyl (C=O) groups excluding carboxylic acids is 1. The van der Waals surface area contributed by atoms with E-state index in [1.165, 1.54) is 24.1 Å². The van der Waals surface area contributed by atoms with E-state index in [9.17, 15) is 9.18 Å². The van der Waals surface area contributed by atoms with Gasteiger partial charge in [-0.2, -0.15) is 0 Å². The molecule has 0 heterocycles. The van der Waals surface area contributed by atoms with Gasteiger partial charge in [0.1, 0.15) is 5.82 Å². The fourth-order valence-electron chi connectivity index (χ4n) is 1.12. The topological polar surface area (TPSA) is 40.5 Å². The summed E-state index contributed by atoms with van der Waals surface area (Å²) in [6.07, 6.45) is 0. The Balaban J connectivity index is 2.91. The predicted octanol–water partition coefficient (Wildman–Crippen LogP) is 1.54. The molecule has 0 radical (unpaired) electrons. The summed E-state index contributed by atoms with van der Waals surface area (Å²) in [4.78, 5) is 12.8. The molecule has 0 aliphatic rings. The third-order valence-corrected chi connectivity index (χ3v) is 2.18. The Kier molecular flexibility index (Phi) is 4.05. The van der Waals surface area contributed by atoms with Crippen molar-refractivity contribution in [3.63, 3.8) is 0 Å². The monoisotopic (exact) mass is 231 g/mol. The Labute approximate surface area is 92.1 Å². The molecule has 1 aromatic carbocycles. The first-order valence-electron chi connectivity index (χ1n) is 4.37. The summed E-state index contributed by atoms with van der Waals surface area (Å²) in [6, 6.07) is 3.86. The van der Waals surface area contributed by atoms with Gasteiger partial charge in [-0.1, -0.05) is 11.6 Å². The van der Waals surface area contributed by atoms with Gasteiger partial charge in [-0.3, -0.25) is 4.79 Å². The van der Waals surface area contributed by atoms with Gasteiger partial charge in [-0.15, -0.1) is 0 Å². The quantitative estimate of drug-likeness (QED) is 0.858. The van der Waals surface area contributed by atoms with E-state index in [4.69, 9.17) is 16.7 Å². The van der Waals surface area contributed by atoms with Crippen LogP contribution in [0.4, 0.5) is 4.39 Å². The van der Waals surface area contributed by atoms with Crippen LogP contribution in [0.2, 0.25) is 5.02 Å². The van der Waals surface area contributed by atoms with Crippen molar-refractivity contribution in [3.8, 4) is 0 Å². The number of benzene rings is 1. The fraction of sp³-hybridized carbons (Fsp3) is 0.300. The highest BCUT2D eigenvalue weighted by molar-refractivity contribution is 6.30. The van der Waals surface area contributed by atoms with Crippen molar-refractivity contribution >= 4 is 17.5 Å². The molecule has 0 saturated carbocycles. The van der Waals surface area contributed by atoms with Crippen LogP contribution < -0.4 is 0 Å². The van der Waals surface area contributed by atoms with Gasteiger partial charge >= 0.3 is 0 Å². The SMILES string of the molecule is CN(CCO)C(=O)c1ccc(Cl)cc1F. The molecule has 1 amide bonds. The number of amides is 1. The zero-order valence-corrected chi connectivity index (χ0v) is 8.96. The third kappa shape index (κ3) is 2.91. The van der Waals surface area contributed by atoms with E-state index in [0.717, 1.165) is 6.07 Å². The van der Waals surface area contributed by atoms with Crippen LogP contribution in [-0.4, -0.2) is 36.1 Å². The Morgan fingerprint density at radius 1 is 1.60 bits per heavy atom. The van der Waals surface area contributed by atoms with Crippen molar-refractivity contribution < 1.29 is 14.3 Å². The first-order chi connectivity index (χ1) is 7.06. The summed E-state index contributed by atoms with van der Waals surface area (Å²) in [5, 5.41) is 8.88. The minimum atomic E-state index is -0.655. The molecule has 5 heteroatoms. The van der Waals surface area contributed by atoms with E-state index in [0.29, 0.717) is 0 Å². The van der Waals surface area contributed by atoms with Crippen LogP contribution in [0.25, 0.3) is 0 Å². The number of aliphatic hydroxyl groups is 1. The van der Waals surface area contributed by atoms with Gasteiger partial charge in [0.05, 0.1) is 12.2 Å². The lowest BCUT2D eigenvalue weighted by atomic mass is 10.2. The number of hydrogen-bond donors (Lipinski definition) is 1. The highest BCUT2D eigenvalue weighted by atomic mass is 35.5. The van der Waals surface area contributed by atoms with Crippen molar-refractivity contribution in [3.05, 3.63) is 34.6 Å². The minimum absolute atomic E-state index is 0.0460. The lowest BCUT2D eigenvalue weighted by Crippen LogP contribution is -2.30. The summed E-state index contributed by atoms with van der Waals surface area (Å²) < 4.78 is 13.3. The Bertz CT molecular complexity index is 370. The molecule has 0 aliphatic heterocycles. The summed E-state index contributed by atoms with van der Waals surface area (Å²) >= 11 is 5.56. The van der Waals surface area contributed by atoms with Gasteiger partial charge in [0.25, 0.3) is 5.91 Å². The van der Waals surface area contributed by atoms with Crippen LogP contribution in [0.5, 0.6) is 0 Å². The first-order valence-corrected chi connectivity index (χ1v) is 4.75. The van der Waals surface area contributed by atoms with Crippen molar-refractivity contribution in [2.45, 2.75) is 0 Å². The Hall–Kier alpha value is -1.13. The molecule has 1 N–H and O–H groups in total. The van der Waals surface area contributed by atoms with Crippen LogP contribution in [0.1, 0.15) is 10.4 Å². The standard InChI is InChI=1S/C10H11ClFNO2/c1-13(4-5-14)10(15)8-3-2-7(11)6-9(8)12/h2-3,6,14H,4-5H2,1H3. The van der Waals surface area contributed by atoms with E-state index in [1.54, 1.807) is 0 Å². The van der Waals surface area contributed by atoms with Crippen molar-refractivity contribution in [2.24, 2.45) is 0 Å². The zero-order valence-electron chi connectivity index (χ0n) is 8.20. The minimum Gasteiger partial charge on any atom is -0.395 e. The molecule has 0 bridgehead atoms. The van der Waals surface area contributed by atoms with Gasteiger partial charge < -0.3 is 10.0 Å². The smallest absolute Gasteiger partial charge is 0.256 e. The molecular formula is C10H11ClFNO2. The van der Waals surface area contributed by atoms with Crippen LogP contribution in [0, 0.1) is 5.82 Å². The van der Waals surface area contributed by atoms with Crippen molar-refractivity contribution in [1.82, 2.24) is 4.90 Å². The molecule has 82 valence electrons. The largest absolute Gasteiger partial charge is 0.395 e. The number of aliphatic hydroxyl groups excluding tert-OH is 1. The summed E-state index contributed by atoms with van der Waals surface area (Å²) in [7, 11) is 1.49. The molecule has 1 rings (SSSR count). The second-order valence-corrected chi connectivity index (χ2v) is 3.51. The molecular weight excluding hydrogens is 221 g/mol. The maximum Gasteiger partial charge on any atom is 0.256 e. The molecule has 0 atom stereocenters. The van der Waals surface area contributed by atoms with Gasteiger partial charge in [-0.25, -0.2) is 4.39 Å². The fourth-order valence-corrected chi connectivity index (χ4v) is 1.28. The molecule has 0 spiro atoms. The highest BCUT2D eigenvalue weighted by Gasteiger charge is 2.15. The lowest BCUT2D eigenvalue weighted by Gasteiger charge is -2.15. The van der Waals surface area contributed by atoms with Gasteiger partial charge in [0, 0.05) is 18.6 Å². The van der Waals surface area contributed by atoms with E-state index >= 15 is 0 Å². The first kappa shape index (κ1) is 11.9. The predicted molar refractivity (Wildman–Crippen MR) is 55.5 cm³/mol. The third-order valence-electron chi connectivity index (χ3n) is 1.94. The van der Waals surface area contributed by atoms with Crippen molar-refractivity contribution in [1.29, 1.82) is 0 Å².